The van der Waals surface area contributed by atoms with Crippen LogP contribution < -0.4 is 5.32 Å². The predicted molar refractivity (Wildman–Crippen MR) is 62.1 cm³/mol. The van der Waals surface area contributed by atoms with Crippen molar-refractivity contribution in [1.82, 2.24) is 5.32 Å². The Bertz CT molecular complexity index is 238. The SMILES string of the molecule is O=C(COCCO)NCCC1=CCCCC1. The lowest BCUT2D eigenvalue weighted by atomic mass is 9.97. The van der Waals surface area contributed by atoms with Crippen molar-refractivity contribution in [3.05, 3.63) is 11.6 Å². The molecule has 4 heteroatoms. The maximum absolute atomic E-state index is 11.2. The number of hydrogen-bond donors (Lipinski definition) is 2. The molecule has 1 aliphatic carbocycles. The molecule has 4 nitrogen and oxygen atoms in total. The fourth-order valence-electron chi connectivity index (χ4n) is 1.77. The standard InChI is InChI=1S/C12H21NO3/c14-8-9-16-10-12(15)13-7-6-11-4-2-1-3-5-11/h4,14H,1-3,5-10H2,(H,13,15). The van der Waals surface area contributed by atoms with E-state index in [1.54, 1.807) is 0 Å². The van der Waals surface area contributed by atoms with E-state index in [-0.39, 0.29) is 25.7 Å². The Balaban J connectivity index is 2.01. The van der Waals surface area contributed by atoms with Gasteiger partial charge in [0.25, 0.3) is 0 Å². The molecule has 0 aliphatic heterocycles. The molecule has 2 N–H and O–H groups in total. The average Bonchev–Trinajstić information content (AvgIpc) is 2.31. The maximum Gasteiger partial charge on any atom is 0.246 e. The number of ether oxygens (including phenoxy) is 1. The fraction of sp³-hybridized carbons (Fsp3) is 0.750. The molecular weight excluding hydrogens is 206 g/mol. The van der Waals surface area contributed by atoms with E-state index in [1.165, 1.54) is 31.3 Å². The van der Waals surface area contributed by atoms with Crippen LogP contribution in [0.15, 0.2) is 11.6 Å². The minimum Gasteiger partial charge on any atom is -0.394 e. The molecule has 0 aromatic heterocycles. The van der Waals surface area contributed by atoms with Gasteiger partial charge in [-0.25, -0.2) is 0 Å². The van der Waals surface area contributed by atoms with Crippen molar-refractivity contribution < 1.29 is 14.6 Å². The van der Waals surface area contributed by atoms with E-state index in [0.29, 0.717) is 6.54 Å². The minimum atomic E-state index is -0.107. The van der Waals surface area contributed by atoms with Gasteiger partial charge in [-0.05, 0) is 32.1 Å². The van der Waals surface area contributed by atoms with Crippen molar-refractivity contribution in [3.63, 3.8) is 0 Å². The van der Waals surface area contributed by atoms with Crippen LogP contribution in [0, 0.1) is 0 Å². The second-order valence-electron chi connectivity index (χ2n) is 3.98. The molecular formula is C12H21NO3. The van der Waals surface area contributed by atoms with Crippen molar-refractivity contribution in [2.24, 2.45) is 0 Å². The first kappa shape index (κ1) is 13.2. The van der Waals surface area contributed by atoms with Gasteiger partial charge in [0.2, 0.25) is 5.91 Å². The lowest BCUT2D eigenvalue weighted by Crippen LogP contribution is -2.29. The molecule has 0 unspecified atom stereocenters. The molecule has 92 valence electrons. The van der Waals surface area contributed by atoms with Crippen LogP contribution >= 0.6 is 0 Å². The Kier molecular flexibility index (Phi) is 6.85. The Hall–Kier alpha value is -0.870. The molecule has 0 fully saturated rings. The van der Waals surface area contributed by atoms with Gasteiger partial charge in [0.05, 0.1) is 13.2 Å². The number of aliphatic hydroxyl groups is 1. The largest absolute Gasteiger partial charge is 0.394 e. The van der Waals surface area contributed by atoms with E-state index in [4.69, 9.17) is 9.84 Å². The van der Waals surface area contributed by atoms with E-state index in [2.05, 4.69) is 11.4 Å². The third kappa shape index (κ3) is 5.88. The first-order chi connectivity index (χ1) is 7.83. The highest BCUT2D eigenvalue weighted by molar-refractivity contribution is 5.77. The zero-order valence-electron chi connectivity index (χ0n) is 9.71. The summed E-state index contributed by atoms with van der Waals surface area (Å²) in [6, 6.07) is 0. The summed E-state index contributed by atoms with van der Waals surface area (Å²) in [7, 11) is 0. The van der Waals surface area contributed by atoms with Crippen LogP contribution in [-0.4, -0.2) is 37.4 Å². The number of carbonyl (C=O) groups excluding carboxylic acids is 1. The van der Waals surface area contributed by atoms with Gasteiger partial charge in [-0.2, -0.15) is 0 Å². The fourth-order valence-corrected chi connectivity index (χ4v) is 1.77. The zero-order valence-corrected chi connectivity index (χ0v) is 9.71. The van der Waals surface area contributed by atoms with Crippen LogP contribution in [0.25, 0.3) is 0 Å². The number of nitrogens with one attached hydrogen (secondary N) is 1. The van der Waals surface area contributed by atoms with E-state index in [9.17, 15) is 4.79 Å². The lowest BCUT2D eigenvalue weighted by Gasteiger charge is -2.12. The van der Waals surface area contributed by atoms with Crippen molar-refractivity contribution in [2.45, 2.75) is 32.1 Å². The van der Waals surface area contributed by atoms with Gasteiger partial charge in [0.1, 0.15) is 6.61 Å². The summed E-state index contributed by atoms with van der Waals surface area (Å²) in [4.78, 5) is 11.2. The average molecular weight is 227 g/mol. The quantitative estimate of drug-likeness (QED) is 0.504. The highest BCUT2D eigenvalue weighted by atomic mass is 16.5. The minimum absolute atomic E-state index is 0.0413. The van der Waals surface area contributed by atoms with Gasteiger partial charge >= 0.3 is 0 Å². The van der Waals surface area contributed by atoms with Crippen LogP contribution in [0.4, 0.5) is 0 Å². The molecule has 1 amide bonds. The molecule has 0 saturated carbocycles. The van der Waals surface area contributed by atoms with Crippen molar-refractivity contribution in [3.8, 4) is 0 Å². The van der Waals surface area contributed by atoms with Crippen LogP contribution in [0.5, 0.6) is 0 Å². The van der Waals surface area contributed by atoms with Gasteiger partial charge in [0, 0.05) is 6.54 Å². The molecule has 0 aromatic rings. The molecule has 0 aromatic carbocycles. The summed E-state index contributed by atoms with van der Waals surface area (Å²) >= 11 is 0. The molecule has 0 spiro atoms. The van der Waals surface area contributed by atoms with Gasteiger partial charge in [-0.3, -0.25) is 4.79 Å². The summed E-state index contributed by atoms with van der Waals surface area (Å²) in [6.07, 6.45) is 8.17. The molecule has 0 heterocycles. The second-order valence-corrected chi connectivity index (χ2v) is 3.98. The number of amides is 1. The second kappa shape index (κ2) is 8.30. The number of carbonyl (C=O) groups is 1. The molecule has 0 saturated heterocycles. The van der Waals surface area contributed by atoms with E-state index in [0.717, 1.165) is 6.42 Å². The Morgan fingerprint density at radius 3 is 3.06 bits per heavy atom. The first-order valence-corrected chi connectivity index (χ1v) is 5.96. The van der Waals surface area contributed by atoms with Gasteiger partial charge in [-0.1, -0.05) is 11.6 Å². The lowest BCUT2D eigenvalue weighted by molar-refractivity contribution is -0.125. The van der Waals surface area contributed by atoms with Gasteiger partial charge < -0.3 is 15.2 Å². The molecule has 16 heavy (non-hydrogen) atoms. The molecule has 0 atom stereocenters. The number of aliphatic hydroxyl groups excluding tert-OH is 1. The topological polar surface area (TPSA) is 58.6 Å². The molecule has 0 bridgehead atoms. The van der Waals surface area contributed by atoms with Crippen LogP contribution in [0.3, 0.4) is 0 Å². The highest BCUT2D eigenvalue weighted by Gasteiger charge is 2.04. The third-order valence-electron chi connectivity index (χ3n) is 2.62. The number of hydrogen-bond acceptors (Lipinski definition) is 3. The predicted octanol–water partition coefficient (Wildman–Crippen LogP) is 1.00. The monoisotopic (exact) mass is 227 g/mol. The first-order valence-electron chi connectivity index (χ1n) is 5.96. The molecule has 1 aliphatic rings. The van der Waals surface area contributed by atoms with Crippen LogP contribution in [0.2, 0.25) is 0 Å². The number of rotatable bonds is 7. The van der Waals surface area contributed by atoms with Crippen molar-refractivity contribution >= 4 is 5.91 Å². The molecule has 1 rings (SSSR count). The van der Waals surface area contributed by atoms with Crippen molar-refractivity contribution in [1.29, 1.82) is 0 Å². The summed E-state index contributed by atoms with van der Waals surface area (Å²) in [5.74, 6) is -0.107. The van der Waals surface area contributed by atoms with Crippen LogP contribution in [-0.2, 0) is 9.53 Å². The van der Waals surface area contributed by atoms with Crippen LogP contribution in [0.1, 0.15) is 32.1 Å². The van der Waals surface area contributed by atoms with E-state index in [1.807, 2.05) is 0 Å². The Morgan fingerprint density at radius 1 is 1.50 bits per heavy atom. The Labute approximate surface area is 96.7 Å². The van der Waals surface area contributed by atoms with Gasteiger partial charge in [0.15, 0.2) is 0 Å². The normalized spacial score (nSPS) is 15.7. The van der Waals surface area contributed by atoms with E-state index >= 15 is 0 Å². The summed E-state index contributed by atoms with van der Waals surface area (Å²) in [6.45, 7) is 0.908. The smallest absolute Gasteiger partial charge is 0.246 e. The number of allylic oxidation sites excluding steroid dienone is 1. The highest BCUT2D eigenvalue weighted by Crippen LogP contribution is 2.19. The Morgan fingerprint density at radius 2 is 2.38 bits per heavy atom. The third-order valence-corrected chi connectivity index (χ3v) is 2.62. The molecule has 0 radical (unpaired) electrons. The van der Waals surface area contributed by atoms with E-state index < -0.39 is 0 Å². The summed E-state index contributed by atoms with van der Waals surface area (Å²) in [5, 5.41) is 11.3. The summed E-state index contributed by atoms with van der Waals surface area (Å²) in [5.41, 5.74) is 1.46. The van der Waals surface area contributed by atoms with Crippen molar-refractivity contribution in [2.75, 3.05) is 26.4 Å². The zero-order chi connectivity index (χ0) is 11.6. The summed E-state index contributed by atoms with van der Waals surface area (Å²) < 4.78 is 4.91. The maximum atomic E-state index is 11.2. The van der Waals surface area contributed by atoms with Gasteiger partial charge in [-0.15, -0.1) is 0 Å².